The summed E-state index contributed by atoms with van der Waals surface area (Å²) in [6, 6.07) is 2.05. The number of nitrogen functional groups attached to an aromatic ring is 1. The molecule has 1 saturated heterocycles. The first kappa shape index (κ1) is 9.90. The summed E-state index contributed by atoms with van der Waals surface area (Å²) in [6.07, 6.45) is 2.55. The van der Waals surface area contributed by atoms with E-state index in [1.54, 1.807) is 0 Å². The Hall–Kier alpha value is -0.640. The van der Waals surface area contributed by atoms with E-state index in [9.17, 15) is 0 Å². The van der Waals surface area contributed by atoms with Crippen LogP contribution in [0.4, 0.5) is 5.82 Å². The van der Waals surface area contributed by atoms with Gasteiger partial charge in [0.15, 0.2) is 0 Å². The van der Waals surface area contributed by atoms with Crippen molar-refractivity contribution in [2.24, 2.45) is 0 Å². The van der Waals surface area contributed by atoms with Crippen LogP contribution < -0.4 is 5.73 Å². The number of aryl methyl sites for hydroxylation is 1. The maximum absolute atomic E-state index is 5.72. The lowest BCUT2D eigenvalue weighted by molar-refractivity contribution is 0.539. The van der Waals surface area contributed by atoms with Crippen LogP contribution in [-0.2, 0) is 6.54 Å². The molecule has 0 radical (unpaired) electrons. The van der Waals surface area contributed by atoms with Crippen molar-refractivity contribution in [3.8, 4) is 0 Å². The summed E-state index contributed by atoms with van der Waals surface area (Å²) >= 11 is 2.05. The molecule has 2 N–H and O–H groups in total. The van der Waals surface area contributed by atoms with Gasteiger partial charge in [-0.25, -0.2) is 0 Å². The van der Waals surface area contributed by atoms with Crippen LogP contribution in [0.5, 0.6) is 0 Å². The summed E-state index contributed by atoms with van der Waals surface area (Å²) in [5.41, 5.74) is 7.06. The summed E-state index contributed by atoms with van der Waals surface area (Å²) < 4.78 is 2.05. The molecule has 14 heavy (non-hydrogen) atoms. The second-order valence-corrected chi connectivity index (χ2v) is 4.92. The first-order valence-corrected chi connectivity index (χ1v) is 6.37. The first-order chi connectivity index (χ1) is 6.81. The standard InChI is InChI=1S/C10H17N3S/c1-2-13-9(7-10(11)12-13)8-3-5-14-6-4-8/h7-8H,2-6H2,1H3,(H2,11,12). The third-order valence-corrected chi connectivity index (χ3v) is 3.82. The van der Waals surface area contributed by atoms with Gasteiger partial charge in [0.1, 0.15) is 5.82 Å². The second kappa shape index (κ2) is 4.26. The second-order valence-electron chi connectivity index (χ2n) is 3.70. The van der Waals surface area contributed by atoms with E-state index in [0.717, 1.165) is 6.54 Å². The number of nitrogens with two attached hydrogens (primary N) is 1. The van der Waals surface area contributed by atoms with Gasteiger partial charge in [0, 0.05) is 24.2 Å². The van der Waals surface area contributed by atoms with Crippen LogP contribution >= 0.6 is 11.8 Å². The molecule has 0 atom stereocenters. The molecule has 1 aliphatic rings. The number of thioether (sulfide) groups is 1. The van der Waals surface area contributed by atoms with E-state index in [-0.39, 0.29) is 0 Å². The normalized spacial score (nSPS) is 18.6. The largest absolute Gasteiger partial charge is 0.382 e. The van der Waals surface area contributed by atoms with E-state index >= 15 is 0 Å². The van der Waals surface area contributed by atoms with E-state index in [0.29, 0.717) is 11.7 Å². The predicted octanol–water partition coefficient (Wildman–Crippen LogP) is 2.10. The van der Waals surface area contributed by atoms with E-state index in [2.05, 4.69) is 28.5 Å². The molecule has 3 nitrogen and oxygen atoms in total. The van der Waals surface area contributed by atoms with Crippen molar-refractivity contribution in [2.75, 3.05) is 17.2 Å². The number of nitrogens with zero attached hydrogens (tertiary/aromatic N) is 2. The quantitative estimate of drug-likeness (QED) is 0.814. The summed E-state index contributed by atoms with van der Waals surface area (Å²) in [7, 11) is 0. The highest BCUT2D eigenvalue weighted by Gasteiger charge is 2.19. The number of aromatic nitrogens is 2. The van der Waals surface area contributed by atoms with Crippen LogP contribution in [0, 0.1) is 0 Å². The van der Waals surface area contributed by atoms with Crippen LogP contribution in [0.2, 0.25) is 0 Å². The van der Waals surface area contributed by atoms with Crippen LogP contribution in [-0.4, -0.2) is 21.3 Å². The van der Waals surface area contributed by atoms with E-state index in [1.165, 1.54) is 30.0 Å². The van der Waals surface area contributed by atoms with Crippen molar-refractivity contribution in [3.63, 3.8) is 0 Å². The maximum Gasteiger partial charge on any atom is 0.145 e. The molecule has 0 aromatic carbocycles. The lowest BCUT2D eigenvalue weighted by Crippen LogP contribution is -2.13. The number of hydrogen-bond donors (Lipinski definition) is 1. The number of rotatable bonds is 2. The minimum Gasteiger partial charge on any atom is -0.382 e. The van der Waals surface area contributed by atoms with Crippen LogP contribution in [0.25, 0.3) is 0 Å². The van der Waals surface area contributed by atoms with Gasteiger partial charge in [-0.15, -0.1) is 0 Å². The van der Waals surface area contributed by atoms with Gasteiger partial charge >= 0.3 is 0 Å². The fraction of sp³-hybridized carbons (Fsp3) is 0.700. The zero-order valence-corrected chi connectivity index (χ0v) is 9.39. The molecule has 1 fully saturated rings. The molecule has 0 saturated carbocycles. The smallest absolute Gasteiger partial charge is 0.145 e. The fourth-order valence-electron chi connectivity index (χ4n) is 2.03. The molecule has 4 heteroatoms. The van der Waals surface area contributed by atoms with Crippen molar-refractivity contribution in [3.05, 3.63) is 11.8 Å². The third kappa shape index (κ3) is 1.90. The summed E-state index contributed by atoms with van der Waals surface area (Å²) in [5, 5.41) is 4.29. The Morgan fingerprint density at radius 1 is 1.57 bits per heavy atom. The van der Waals surface area contributed by atoms with Gasteiger partial charge in [-0.05, 0) is 31.3 Å². The van der Waals surface area contributed by atoms with Crippen molar-refractivity contribution in [2.45, 2.75) is 32.2 Å². The molecule has 1 aromatic heterocycles. The van der Waals surface area contributed by atoms with Gasteiger partial charge < -0.3 is 5.73 Å². The molecule has 0 amide bonds. The predicted molar refractivity (Wildman–Crippen MR) is 61.6 cm³/mol. The SMILES string of the molecule is CCn1nc(N)cc1C1CCSCC1. The number of anilines is 1. The lowest BCUT2D eigenvalue weighted by atomic mass is 9.99. The summed E-state index contributed by atoms with van der Waals surface area (Å²) in [4.78, 5) is 0. The maximum atomic E-state index is 5.72. The molecule has 0 unspecified atom stereocenters. The highest BCUT2D eigenvalue weighted by atomic mass is 32.2. The highest BCUT2D eigenvalue weighted by Crippen LogP contribution is 2.32. The van der Waals surface area contributed by atoms with E-state index in [1.807, 2.05) is 6.07 Å². The van der Waals surface area contributed by atoms with Crippen molar-refractivity contribution < 1.29 is 0 Å². The van der Waals surface area contributed by atoms with Gasteiger partial charge in [0.25, 0.3) is 0 Å². The van der Waals surface area contributed by atoms with E-state index in [4.69, 9.17) is 5.73 Å². The van der Waals surface area contributed by atoms with Crippen LogP contribution in [0.1, 0.15) is 31.4 Å². The monoisotopic (exact) mass is 211 g/mol. The molecule has 0 bridgehead atoms. The molecule has 0 spiro atoms. The minimum atomic E-state index is 0.667. The Morgan fingerprint density at radius 2 is 2.29 bits per heavy atom. The Bertz CT molecular complexity index is 302. The highest BCUT2D eigenvalue weighted by molar-refractivity contribution is 7.99. The summed E-state index contributed by atoms with van der Waals surface area (Å²) in [6.45, 7) is 3.05. The lowest BCUT2D eigenvalue weighted by Gasteiger charge is -2.21. The molecule has 78 valence electrons. The van der Waals surface area contributed by atoms with Crippen molar-refractivity contribution >= 4 is 17.6 Å². The van der Waals surface area contributed by atoms with Crippen molar-refractivity contribution in [1.29, 1.82) is 0 Å². The molecular weight excluding hydrogens is 194 g/mol. The first-order valence-electron chi connectivity index (χ1n) is 5.22. The fourth-order valence-corrected chi connectivity index (χ4v) is 3.13. The van der Waals surface area contributed by atoms with Crippen molar-refractivity contribution in [1.82, 2.24) is 9.78 Å². The summed E-state index contributed by atoms with van der Waals surface area (Å²) in [5.74, 6) is 3.90. The zero-order valence-electron chi connectivity index (χ0n) is 8.57. The number of hydrogen-bond acceptors (Lipinski definition) is 3. The van der Waals surface area contributed by atoms with E-state index < -0.39 is 0 Å². The Kier molecular flexibility index (Phi) is 3.01. The van der Waals surface area contributed by atoms with Gasteiger partial charge in [0.05, 0.1) is 0 Å². The average Bonchev–Trinajstić information content (AvgIpc) is 2.61. The van der Waals surface area contributed by atoms with Gasteiger partial charge in [-0.2, -0.15) is 16.9 Å². The zero-order chi connectivity index (χ0) is 9.97. The van der Waals surface area contributed by atoms with Crippen LogP contribution in [0.3, 0.4) is 0 Å². The van der Waals surface area contributed by atoms with Gasteiger partial charge in [-0.3, -0.25) is 4.68 Å². The Morgan fingerprint density at radius 3 is 2.93 bits per heavy atom. The molecule has 0 aliphatic carbocycles. The molecule has 1 aliphatic heterocycles. The topological polar surface area (TPSA) is 43.8 Å². The Balaban J connectivity index is 2.20. The third-order valence-electron chi connectivity index (χ3n) is 2.77. The molecular formula is C10H17N3S. The van der Waals surface area contributed by atoms with Gasteiger partial charge in [-0.1, -0.05) is 0 Å². The average molecular weight is 211 g/mol. The minimum absolute atomic E-state index is 0.667. The molecule has 2 heterocycles. The van der Waals surface area contributed by atoms with Crippen LogP contribution in [0.15, 0.2) is 6.07 Å². The van der Waals surface area contributed by atoms with Gasteiger partial charge in [0.2, 0.25) is 0 Å². The molecule has 2 rings (SSSR count). The molecule has 1 aromatic rings. The Labute approximate surface area is 89.1 Å².